The topological polar surface area (TPSA) is 107 Å². The van der Waals surface area contributed by atoms with Gasteiger partial charge in [0.15, 0.2) is 5.78 Å². The summed E-state index contributed by atoms with van der Waals surface area (Å²) >= 11 is 1.06. The molecule has 3 aromatic heterocycles. The molecule has 144 valence electrons. The summed E-state index contributed by atoms with van der Waals surface area (Å²) in [5, 5.41) is 2.71. The minimum atomic E-state index is -0.373. The molecule has 0 aliphatic carbocycles. The van der Waals surface area contributed by atoms with Gasteiger partial charge in [-0.3, -0.25) is 23.9 Å². The highest BCUT2D eigenvalue weighted by molar-refractivity contribution is 7.13. The van der Waals surface area contributed by atoms with E-state index < -0.39 is 0 Å². The molecule has 4 rings (SSSR count). The zero-order valence-corrected chi connectivity index (χ0v) is 16.1. The Labute approximate surface area is 169 Å². The zero-order chi connectivity index (χ0) is 20.4. The number of Topliss-reactive ketones (excluding diaryl/α,β-unsaturated/α-hetero) is 1. The summed E-state index contributed by atoms with van der Waals surface area (Å²) in [5.74, 6) is -0.424. The van der Waals surface area contributed by atoms with Gasteiger partial charge in [0.1, 0.15) is 22.5 Å². The molecule has 0 spiro atoms. The SMILES string of the molecule is CC(=O)c1ccc(NC(=O)Cn2cnc3c(-c4ccncc4)nsc3c2=O)cc1. The normalized spacial score (nSPS) is 10.8. The van der Waals surface area contributed by atoms with Gasteiger partial charge < -0.3 is 5.32 Å². The predicted octanol–water partition coefficient (Wildman–Crippen LogP) is 2.76. The van der Waals surface area contributed by atoms with Crippen molar-refractivity contribution in [1.29, 1.82) is 0 Å². The third-order valence-corrected chi connectivity index (χ3v) is 5.12. The van der Waals surface area contributed by atoms with Gasteiger partial charge in [-0.2, -0.15) is 4.37 Å². The van der Waals surface area contributed by atoms with Crippen molar-refractivity contribution in [2.45, 2.75) is 13.5 Å². The molecule has 1 amide bonds. The van der Waals surface area contributed by atoms with E-state index in [4.69, 9.17) is 0 Å². The van der Waals surface area contributed by atoms with Gasteiger partial charge >= 0.3 is 0 Å². The average molecular weight is 405 g/mol. The van der Waals surface area contributed by atoms with E-state index in [2.05, 4.69) is 19.7 Å². The van der Waals surface area contributed by atoms with Crippen LogP contribution in [0.1, 0.15) is 17.3 Å². The monoisotopic (exact) mass is 405 g/mol. The van der Waals surface area contributed by atoms with Crippen LogP contribution < -0.4 is 10.9 Å². The number of benzene rings is 1. The van der Waals surface area contributed by atoms with Crippen molar-refractivity contribution in [3.8, 4) is 11.3 Å². The lowest BCUT2D eigenvalue weighted by Gasteiger charge is -2.07. The summed E-state index contributed by atoms with van der Waals surface area (Å²) in [4.78, 5) is 44.7. The molecule has 0 saturated carbocycles. The van der Waals surface area contributed by atoms with Gasteiger partial charge in [-0.15, -0.1) is 0 Å². The van der Waals surface area contributed by atoms with Crippen LogP contribution in [0.2, 0.25) is 0 Å². The van der Waals surface area contributed by atoms with Crippen LogP contribution in [-0.4, -0.2) is 30.6 Å². The number of fused-ring (bicyclic) bond motifs is 1. The number of ketones is 1. The Morgan fingerprint density at radius 3 is 2.52 bits per heavy atom. The maximum atomic E-state index is 12.7. The second-order valence-corrected chi connectivity index (χ2v) is 7.08. The molecule has 1 aromatic carbocycles. The van der Waals surface area contributed by atoms with Crippen LogP contribution in [0.4, 0.5) is 5.69 Å². The highest BCUT2D eigenvalue weighted by Gasteiger charge is 2.15. The number of aromatic nitrogens is 4. The fourth-order valence-electron chi connectivity index (χ4n) is 2.81. The van der Waals surface area contributed by atoms with Crippen LogP contribution in [0.5, 0.6) is 0 Å². The molecule has 0 radical (unpaired) electrons. The van der Waals surface area contributed by atoms with Gasteiger partial charge in [0, 0.05) is 29.2 Å². The number of anilines is 1. The van der Waals surface area contributed by atoms with E-state index in [9.17, 15) is 14.4 Å². The van der Waals surface area contributed by atoms with Crippen molar-refractivity contribution >= 4 is 39.1 Å². The first-order valence-electron chi connectivity index (χ1n) is 8.69. The fraction of sp³-hybridized carbons (Fsp3) is 0.100. The van der Waals surface area contributed by atoms with Crippen molar-refractivity contribution in [3.63, 3.8) is 0 Å². The molecule has 8 nitrogen and oxygen atoms in total. The molecule has 0 saturated heterocycles. The number of amides is 1. The van der Waals surface area contributed by atoms with Gasteiger partial charge in [0.25, 0.3) is 5.56 Å². The summed E-state index contributed by atoms with van der Waals surface area (Å²) in [6.45, 7) is 1.29. The number of hydrogen-bond donors (Lipinski definition) is 1. The number of nitrogens with zero attached hydrogens (tertiary/aromatic N) is 4. The maximum absolute atomic E-state index is 12.7. The van der Waals surface area contributed by atoms with Crippen molar-refractivity contribution in [3.05, 3.63) is 71.0 Å². The quantitative estimate of drug-likeness (QED) is 0.512. The summed E-state index contributed by atoms with van der Waals surface area (Å²) in [7, 11) is 0. The van der Waals surface area contributed by atoms with Crippen molar-refractivity contribution in [2.24, 2.45) is 0 Å². The molecular formula is C20H15N5O3S. The Balaban J connectivity index is 1.55. The summed E-state index contributed by atoms with van der Waals surface area (Å²) in [5.41, 5.74) is 2.72. The molecule has 4 aromatic rings. The van der Waals surface area contributed by atoms with Crippen molar-refractivity contribution < 1.29 is 9.59 Å². The lowest BCUT2D eigenvalue weighted by Crippen LogP contribution is -2.27. The molecule has 29 heavy (non-hydrogen) atoms. The minimum Gasteiger partial charge on any atom is -0.325 e. The van der Waals surface area contributed by atoms with Crippen LogP contribution in [0.3, 0.4) is 0 Å². The molecule has 0 aliphatic heterocycles. The second-order valence-electron chi connectivity index (χ2n) is 6.30. The van der Waals surface area contributed by atoms with E-state index in [1.54, 1.807) is 48.8 Å². The van der Waals surface area contributed by atoms with Crippen LogP contribution in [-0.2, 0) is 11.3 Å². The molecule has 0 fully saturated rings. The number of rotatable bonds is 5. The summed E-state index contributed by atoms with van der Waals surface area (Å²) in [6.07, 6.45) is 4.65. The van der Waals surface area contributed by atoms with Crippen LogP contribution in [0.15, 0.2) is 59.9 Å². The lowest BCUT2D eigenvalue weighted by atomic mass is 10.1. The van der Waals surface area contributed by atoms with E-state index >= 15 is 0 Å². The molecule has 0 atom stereocenters. The Morgan fingerprint density at radius 1 is 1.10 bits per heavy atom. The molecule has 3 heterocycles. The molecule has 9 heteroatoms. The highest BCUT2D eigenvalue weighted by atomic mass is 32.1. The van der Waals surface area contributed by atoms with Crippen molar-refractivity contribution in [2.75, 3.05) is 5.32 Å². The highest BCUT2D eigenvalue weighted by Crippen LogP contribution is 2.26. The standard InChI is InChI=1S/C20H15N5O3S/c1-12(26)13-2-4-15(5-3-13)23-16(27)10-25-11-22-18-17(14-6-8-21-9-7-14)24-29-19(18)20(25)28/h2-9,11H,10H2,1H3,(H,23,27). The average Bonchev–Trinajstić information content (AvgIpc) is 3.16. The Bertz CT molecular complexity index is 1260. The smallest absolute Gasteiger partial charge is 0.273 e. The number of pyridine rings is 1. The third-order valence-electron chi connectivity index (χ3n) is 4.29. The number of carbonyl (C=O) groups excluding carboxylic acids is 2. The Hall–Kier alpha value is -3.72. The van der Waals surface area contributed by atoms with Crippen LogP contribution in [0.25, 0.3) is 21.5 Å². The first-order chi connectivity index (χ1) is 14.0. The van der Waals surface area contributed by atoms with Crippen LogP contribution >= 0.6 is 11.5 Å². The molecule has 1 N–H and O–H groups in total. The number of nitrogens with one attached hydrogen (secondary N) is 1. The van der Waals surface area contributed by atoms with Gasteiger partial charge in [-0.25, -0.2) is 4.98 Å². The largest absolute Gasteiger partial charge is 0.325 e. The first kappa shape index (κ1) is 18.6. The van der Waals surface area contributed by atoms with Gasteiger partial charge in [-0.05, 0) is 54.9 Å². The van der Waals surface area contributed by atoms with Crippen LogP contribution in [0, 0.1) is 0 Å². The van der Waals surface area contributed by atoms with E-state index in [0.717, 1.165) is 17.1 Å². The Morgan fingerprint density at radius 2 is 1.83 bits per heavy atom. The van der Waals surface area contributed by atoms with E-state index in [1.807, 2.05) is 0 Å². The minimum absolute atomic E-state index is 0.0514. The van der Waals surface area contributed by atoms with E-state index in [0.29, 0.717) is 27.2 Å². The van der Waals surface area contributed by atoms with Gasteiger partial charge in [0.2, 0.25) is 5.91 Å². The summed E-state index contributed by atoms with van der Waals surface area (Å²) < 4.78 is 5.98. The summed E-state index contributed by atoms with van der Waals surface area (Å²) in [6, 6.07) is 10.1. The molecular weight excluding hydrogens is 390 g/mol. The zero-order valence-electron chi connectivity index (χ0n) is 15.3. The van der Waals surface area contributed by atoms with Gasteiger partial charge in [0.05, 0.1) is 6.33 Å². The van der Waals surface area contributed by atoms with E-state index in [1.165, 1.54) is 17.8 Å². The molecule has 0 aliphatic rings. The number of carbonyl (C=O) groups is 2. The van der Waals surface area contributed by atoms with Gasteiger partial charge in [-0.1, -0.05) is 0 Å². The molecule has 0 bridgehead atoms. The molecule has 0 unspecified atom stereocenters. The second kappa shape index (κ2) is 7.72. The third kappa shape index (κ3) is 3.81. The predicted molar refractivity (Wildman–Crippen MR) is 110 cm³/mol. The number of hydrogen-bond acceptors (Lipinski definition) is 7. The maximum Gasteiger partial charge on any atom is 0.273 e. The Kier molecular flexibility index (Phi) is 4.96. The fourth-order valence-corrected chi connectivity index (χ4v) is 3.62. The first-order valence-corrected chi connectivity index (χ1v) is 9.46. The lowest BCUT2D eigenvalue weighted by molar-refractivity contribution is -0.116. The van der Waals surface area contributed by atoms with E-state index in [-0.39, 0.29) is 23.8 Å². The van der Waals surface area contributed by atoms with Crippen molar-refractivity contribution in [1.82, 2.24) is 18.9 Å².